The molecule has 0 aliphatic carbocycles. The van der Waals surface area contributed by atoms with E-state index in [-0.39, 0.29) is 5.82 Å². The molecule has 1 aromatic carbocycles. The number of halogens is 1. The van der Waals surface area contributed by atoms with Gasteiger partial charge in [0.25, 0.3) is 0 Å². The van der Waals surface area contributed by atoms with Gasteiger partial charge in [0, 0.05) is 23.5 Å². The second-order valence-corrected chi connectivity index (χ2v) is 3.18. The maximum Gasteiger partial charge on any atom is 0.135 e. The number of carbonyl (C=O) groups is 1. The molecule has 1 heterocycles. The summed E-state index contributed by atoms with van der Waals surface area (Å²) in [6.45, 7) is 0. The Labute approximate surface area is 80.7 Å². The zero-order valence-corrected chi connectivity index (χ0v) is 7.59. The van der Waals surface area contributed by atoms with Gasteiger partial charge in [-0.2, -0.15) is 0 Å². The molecule has 2 aromatic rings. The number of aromatic amines is 1. The van der Waals surface area contributed by atoms with Crippen LogP contribution in [0.5, 0.6) is 0 Å². The van der Waals surface area contributed by atoms with Crippen LogP contribution in [-0.2, 0) is 11.2 Å². The molecule has 0 atom stereocenters. The molecule has 0 saturated heterocycles. The van der Waals surface area contributed by atoms with Gasteiger partial charge in [-0.1, -0.05) is 6.07 Å². The maximum absolute atomic E-state index is 13.7. The van der Waals surface area contributed by atoms with Gasteiger partial charge in [0.1, 0.15) is 12.1 Å². The molecule has 0 aliphatic rings. The lowest BCUT2D eigenvalue weighted by molar-refractivity contribution is -0.107. The number of benzene rings is 1. The summed E-state index contributed by atoms with van der Waals surface area (Å²) >= 11 is 0. The van der Waals surface area contributed by atoms with Gasteiger partial charge in [-0.3, -0.25) is 0 Å². The predicted molar refractivity (Wildman–Crippen MR) is 52.6 cm³/mol. The van der Waals surface area contributed by atoms with Gasteiger partial charge in [0.15, 0.2) is 0 Å². The van der Waals surface area contributed by atoms with Crippen LogP contribution in [0.25, 0.3) is 10.9 Å². The zero-order chi connectivity index (χ0) is 9.97. The molecule has 0 aliphatic heterocycles. The van der Waals surface area contributed by atoms with Crippen molar-refractivity contribution in [2.24, 2.45) is 0 Å². The first kappa shape index (κ1) is 8.94. The number of aldehydes is 1. The highest BCUT2D eigenvalue weighted by molar-refractivity contribution is 5.80. The van der Waals surface area contributed by atoms with E-state index in [0.717, 1.165) is 11.8 Å². The fourth-order valence-electron chi connectivity index (χ4n) is 1.55. The van der Waals surface area contributed by atoms with Crippen LogP contribution in [-0.4, -0.2) is 11.3 Å². The van der Waals surface area contributed by atoms with Crippen molar-refractivity contribution in [2.75, 3.05) is 0 Å². The van der Waals surface area contributed by atoms with Crippen molar-refractivity contribution >= 4 is 17.2 Å². The third kappa shape index (κ3) is 1.41. The topological polar surface area (TPSA) is 32.9 Å². The van der Waals surface area contributed by atoms with Gasteiger partial charge in [-0.15, -0.1) is 0 Å². The van der Waals surface area contributed by atoms with Crippen LogP contribution in [0.2, 0.25) is 0 Å². The minimum Gasteiger partial charge on any atom is -0.361 e. The number of H-pyrrole nitrogens is 1. The summed E-state index contributed by atoms with van der Waals surface area (Å²) in [6.07, 6.45) is 3.35. The van der Waals surface area contributed by atoms with E-state index in [9.17, 15) is 9.18 Å². The molecule has 14 heavy (non-hydrogen) atoms. The average molecular weight is 191 g/mol. The molecule has 72 valence electrons. The molecule has 0 unspecified atom stereocenters. The highest BCUT2D eigenvalue weighted by Crippen LogP contribution is 2.20. The summed E-state index contributed by atoms with van der Waals surface area (Å²) in [4.78, 5) is 13.1. The SMILES string of the molecule is O=CCCc1ccc2[nH]ccc2c1F. The largest absolute Gasteiger partial charge is 0.361 e. The van der Waals surface area contributed by atoms with Crippen LogP contribution in [0.4, 0.5) is 4.39 Å². The van der Waals surface area contributed by atoms with E-state index < -0.39 is 0 Å². The summed E-state index contributed by atoms with van der Waals surface area (Å²) in [7, 11) is 0. The van der Waals surface area contributed by atoms with Crippen molar-refractivity contribution in [3.8, 4) is 0 Å². The second kappa shape index (κ2) is 3.62. The molecule has 0 bridgehead atoms. The minimum atomic E-state index is -0.217. The fraction of sp³-hybridized carbons (Fsp3) is 0.182. The van der Waals surface area contributed by atoms with Crippen LogP contribution >= 0.6 is 0 Å². The van der Waals surface area contributed by atoms with Gasteiger partial charge in [0.05, 0.1) is 0 Å². The highest BCUT2D eigenvalue weighted by Gasteiger charge is 2.06. The Morgan fingerprint density at radius 2 is 2.21 bits per heavy atom. The third-order valence-corrected chi connectivity index (χ3v) is 2.28. The summed E-state index contributed by atoms with van der Waals surface area (Å²) in [5, 5.41) is 0.591. The lowest BCUT2D eigenvalue weighted by Crippen LogP contribution is -1.91. The van der Waals surface area contributed by atoms with Gasteiger partial charge >= 0.3 is 0 Å². The highest BCUT2D eigenvalue weighted by atomic mass is 19.1. The lowest BCUT2D eigenvalue weighted by atomic mass is 10.1. The van der Waals surface area contributed by atoms with Crippen LogP contribution in [0.15, 0.2) is 24.4 Å². The Morgan fingerprint density at radius 3 is 3.00 bits per heavy atom. The minimum absolute atomic E-state index is 0.217. The number of aromatic nitrogens is 1. The normalized spacial score (nSPS) is 10.6. The number of hydrogen-bond donors (Lipinski definition) is 1. The van der Waals surface area contributed by atoms with Crippen molar-refractivity contribution in [3.05, 3.63) is 35.8 Å². The first-order chi connectivity index (χ1) is 6.83. The number of aryl methyl sites for hydroxylation is 1. The Bertz CT molecular complexity index is 461. The summed E-state index contributed by atoms with van der Waals surface area (Å²) < 4.78 is 13.7. The van der Waals surface area contributed by atoms with E-state index in [2.05, 4.69) is 4.98 Å². The number of rotatable bonds is 3. The summed E-state index contributed by atoms with van der Waals surface area (Å²) in [6, 6.07) is 5.26. The Balaban J connectivity index is 2.45. The van der Waals surface area contributed by atoms with Gasteiger partial charge < -0.3 is 9.78 Å². The molecule has 0 spiro atoms. The molecule has 3 heteroatoms. The quantitative estimate of drug-likeness (QED) is 0.742. The molecule has 0 fully saturated rings. The van der Waals surface area contributed by atoms with E-state index >= 15 is 0 Å². The molecule has 1 N–H and O–H groups in total. The molecule has 0 radical (unpaired) electrons. The number of fused-ring (bicyclic) bond motifs is 1. The van der Waals surface area contributed by atoms with Crippen molar-refractivity contribution in [3.63, 3.8) is 0 Å². The molecular weight excluding hydrogens is 181 g/mol. The smallest absolute Gasteiger partial charge is 0.135 e. The summed E-state index contributed by atoms with van der Waals surface area (Å²) in [5.74, 6) is -0.217. The van der Waals surface area contributed by atoms with Crippen molar-refractivity contribution < 1.29 is 9.18 Å². The lowest BCUT2D eigenvalue weighted by Gasteiger charge is -2.01. The molecular formula is C11H10FNO. The van der Waals surface area contributed by atoms with Crippen LogP contribution in [0.3, 0.4) is 0 Å². The standard InChI is InChI=1S/C11H10FNO/c12-11-8(2-1-7-14)3-4-10-9(11)5-6-13-10/h3-7,13H,1-2H2. The van der Waals surface area contributed by atoms with Crippen LogP contribution < -0.4 is 0 Å². The Hall–Kier alpha value is -1.64. The summed E-state index contributed by atoms with van der Waals surface area (Å²) in [5.41, 5.74) is 1.39. The van der Waals surface area contributed by atoms with Crippen molar-refractivity contribution in [1.29, 1.82) is 0 Å². The van der Waals surface area contributed by atoms with Gasteiger partial charge in [-0.05, 0) is 24.1 Å². The third-order valence-electron chi connectivity index (χ3n) is 2.28. The van der Waals surface area contributed by atoms with Gasteiger partial charge in [-0.25, -0.2) is 4.39 Å². The van der Waals surface area contributed by atoms with Crippen LogP contribution in [0.1, 0.15) is 12.0 Å². The molecule has 0 saturated carbocycles. The zero-order valence-electron chi connectivity index (χ0n) is 7.59. The maximum atomic E-state index is 13.7. The van der Waals surface area contributed by atoms with Crippen LogP contribution in [0, 0.1) is 5.82 Å². The first-order valence-corrected chi connectivity index (χ1v) is 4.51. The molecule has 2 nitrogen and oxygen atoms in total. The number of carbonyl (C=O) groups excluding carboxylic acids is 1. The number of nitrogens with one attached hydrogen (secondary N) is 1. The fourth-order valence-corrected chi connectivity index (χ4v) is 1.55. The first-order valence-electron chi connectivity index (χ1n) is 4.51. The van der Waals surface area contributed by atoms with E-state index in [4.69, 9.17) is 0 Å². The monoisotopic (exact) mass is 191 g/mol. The predicted octanol–water partition coefficient (Wildman–Crippen LogP) is 2.44. The second-order valence-electron chi connectivity index (χ2n) is 3.18. The molecule has 1 aromatic heterocycles. The Morgan fingerprint density at radius 1 is 1.36 bits per heavy atom. The van der Waals surface area contributed by atoms with Crippen molar-refractivity contribution in [1.82, 2.24) is 4.98 Å². The van der Waals surface area contributed by atoms with Gasteiger partial charge in [0.2, 0.25) is 0 Å². The number of hydrogen-bond acceptors (Lipinski definition) is 1. The Kier molecular flexibility index (Phi) is 2.31. The van der Waals surface area contributed by atoms with E-state index in [0.29, 0.717) is 23.8 Å². The van der Waals surface area contributed by atoms with E-state index in [1.54, 1.807) is 18.3 Å². The van der Waals surface area contributed by atoms with E-state index in [1.807, 2.05) is 6.07 Å². The molecule has 2 rings (SSSR count). The van der Waals surface area contributed by atoms with E-state index in [1.165, 1.54) is 0 Å². The molecule has 0 amide bonds. The average Bonchev–Trinajstić information content (AvgIpc) is 2.66. The van der Waals surface area contributed by atoms with Crippen molar-refractivity contribution in [2.45, 2.75) is 12.8 Å².